The summed E-state index contributed by atoms with van der Waals surface area (Å²) in [5, 5.41) is 11.3. The molecule has 0 unspecified atom stereocenters. The predicted octanol–water partition coefficient (Wildman–Crippen LogP) is 5.94. The van der Waals surface area contributed by atoms with Crippen molar-refractivity contribution < 1.29 is 18.0 Å². The van der Waals surface area contributed by atoms with E-state index in [2.05, 4.69) is 25.6 Å². The van der Waals surface area contributed by atoms with Crippen LogP contribution >= 0.6 is 35.0 Å². The fourth-order valence-corrected chi connectivity index (χ4v) is 4.63. The van der Waals surface area contributed by atoms with Crippen molar-refractivity contribution in [3.8, 4) is 5.69 Å². The van der Waals surface area contributed by atoms with Crippen LogP contribution in [0.15, 0.2) is 41.6 Å². The molecule has 7 nitrogen and oxygen atoms in total. The van der Waals surface area contributed by atoms with E-state index in [1.165, 1.54) is 22.5 Å². The van der Waals surface area contributed by atoms with E-state index < -0.39 is 29.0 Å². The zero-order valence-electron chi connectivity index (χ0n) is 18.1. The number of benzene rings is 2. The number of aryl methyl sites for hydroxylation is 2. The Hall–Kier alpha value is -3.15. The van der Waals surface area contributed by atoms with E-state index in [1.54, 1.807) is 12.1 Å². The minimum Gasteiger partial charge on any atom is -0.318 e. The molecule has 4 rings (SSSR count). The largest absolute Gasteiger partial charge is 0.318 e. The second-order valence-corrected chi connectivity index (χ2v) is 9.14. The molecule has 2 aromatic heterocycles. The van der Waals surface area contributed by atoms with Crippen molar-refractivity contribution in [1.82, 2.24) is 25.0 Å². The van der Waals surface area contributed by atoms with Gasteiger partial charge in [-0.05, 0) is 50.2 Å². The number of anilines is 1. The Morgan fingerprint density at radius 1 is 1.00 bits per heavy atom. The highest BCUT2D eigenvalue weighted by atomic mass is 35.5. The molecular formula is C22H15Cl2F3N6OS. The first-order valence-corrected chi connectivity index (χ1v) is 11.7. The summed E-state index contributed by atoms with van der Waals surface area (Å²) in [5.41, 5.74) is 1.51. The molecule has 0 aliphatic carbocycles. The third kappa shape index (κ3) is 5.58. The average molecular weight is 539 g/mol. The van der Waals surface area contributed by atoms with Crippen molar-refractivity contribution in [2.45, 2.75) is 24.8 Å². The van der Waals surface area contributed by atoms with E-state index in [-0.39, 0.29) is 17.1 Å². The van der Waals surface area contributed by atoms with E-state index in [0.29, 0.717) is 27.0 Å². The Bertz CT molecular complexity index is 1410. The van der Waals surface area contributed by atoms with Crippen molar-refractivity contribution in [3.05, 3.63) is 86.7 Å². The van der Waals surface area contributed by atoms with E-state index in [4.69, 9.17) is 23.2 Å². The molecule has 2 heterocycles. The number of thioether (sulfide) groups is 1. The van der Waals surface area contributed by atoms with Gasteiger partial charge in [-0.15, -0.1) is 5.10 Å². The zero-order valence-corrected chi connectivity index (χ0v) is 20.4. The number of hydrogen-bond acceptors (Lipinski definition) is 6. The maximum Gasteiger partial charge on any atom is 0.278 e. The first kappa shape index (κ1) is 25.0. The molecule has 0 atom stereocenters. The first-order valence-electron chi connectivity index (χ1n) is 9.93. The van der Waals surface area contributed by atoms with Gasteiger partial charge in [-0.25, -0.2) is 27.8 Å². The first-order chi connectivity index (χ1) is 16.6. The van der Waals surface area contributed by atoms with Crippen LogP contribution in [-0.4, -0.2) is 30.9 Å². The molecule has 180 valence electrons. The Morgan fingerprint density at radius 3 is 2.31 bits per heavy atom. The monoisotopic (exact) mass is 538 g/mol. The number of halogens is 5. The number of rotatable bonds is 6. The summed E-state index contributed by atoms with van der Waals surface area (Å²) in [5.74, 6) is -5.38. The molecule has 1 N–H and O–H groups in total. The molecule has 0 saturated carbocycles. The Balaban J connectivity index is 1.73. The summed E-state index contributed by atoms with van der Waals surface area (Å²) in [6, 6.07) is 8.10. The minimum absolute atomic E-state index is 0.128. The number of nitrogens with one attached hydrogen (secondary N) is 1. The topological polar surface area (TPSA) is 85.6 Å². The average Bonchev–Trinajstić information content (AvgIpc) is 3.21. The van der Waals surface area contributed by atoms with Gasteiger partial charge in [0, 0.05) is 27.2 Å². The standard InChI is InChI=1S/C22H15Cl2F3N6OS/c1-10-5-11(2)29-22(28-10)35-9-17-20(21(34)30-16-4-3-15(25)18(26)19(16)27)31-32-33(17)14-7-12(23)6-13(24)8-14/h3-8H,9H2,1-2H3,(H,30,34). The molecule has 1 amide bonds. The van der Waals surface area contributed by atoms with Crippen LogP contribution in [0.5, 0.6) is 0 Å². The lowest BCUT2D eigenvalue weighted by Crippen LogP contribution is -2.17. The van der Waals surface area contributed by atoms with E-state index in [0.717, 1.165) is 17.5 Å². The van der Waals surface area contributed by atoms with Crippen LogP contribution in [0.1, 0.15) is 27.6 Å². The molecule has 0 aliphatic rings. The van der Waals surface area contributed by atoms with Crippen molar-refractivity contribution in [2.75, 3.05) is 5.32 Å². The number of aromatic nitrogens is 5. The second kappa shape index (κ2) is 10.2. The number of carbonyl (C=O) groups excluding carboxylic acids is 1. The Morgan fingerprint density at radius 2 is 1.66 bits per heavy atom. The van der Waals surface area contributed by atoms with Crippen LogP contribution in [0.3, 0.4) is 0 Å². The van der Waals surface area contributed by atoms with E-state index >= 15 is 0 Å². The maximum atomic E-state index is 14.1. The Labute approximate surface area is 211 Å². The molecule has 4 aromatic rings. The van der Waals surface area contributed by atoms with Crippen LogP contribution in [-0.2, 0) is 5.75 Å². The van der Waals surface area contributed by atoms with Gasteiger partial charge in [0.05, 0.1) is 17.1 Å². The quantitative estimate of drug-likeness (QED) is 0.185. The predicted molar refractivity (Wildman–Crippen MR) is 127 cm³/mol. The van der Waals surface area contributed by atoms with Crippen LogP contribution in [0.4, 0.5) is 18.9 Å². The van der Waals surface area contributed by atoms with Gasteiger partial charge in [-0.1, -0.05) is 40.2 Å². The lowest BCUT2D eigenvalue weighted by atomic mass is 10.2. The molecule has 2 aromatic carbocycles. The number of nitrogens with zero attached hydrogens (tertiary/aromatic N) is 5. The summed E-state index contributed by atoms with van der Waals surface area (Å²) in [6.07, 6.45) is 0. The maximum absolute atomic E-state index is 14.1. The molecule has 0 aliphatic heterocycles. The van der Waals surface area contributed by atoms with Crippen LogP contribution in [0, 0.1) is 31.3 Å². The van der Waals surface area contributed by atoms with Gasteiger partial charge in [0.25, 0.3) is 5.91 Å². The fraction of sp³-hybridized carbons (Fsp3) is 0.136. The highest BCUT2D eigenvalue weighted by Gasteiger charge is 2.24. The number of hydrogen-bond donors (Lipinski definition) is 1. The van der Waals surface area contributed by atoms with Crippen LogP contribution in [0.25, 0.3) is 5.69 Å². The molecule has 0 fully saturated rings. The molecule has 35 heavy (non-hydrogen) atoms. The fourth-order valence-electron chi connectivity index (χ4n) is 3.17. The van der Waals surface area contributed by atoms with Gasteiger partial charge < -0.3 is 5.32 Å². The summed E-state index contributed by atoms with van der Waals surface area (Å²) in [6.45, 7) is 3.65. The van der Waals surface area contributed by atoms with Crippen molar-refractivity contribution >= 4 is 46.6 Å². The molecule has 13 heteroatoms. The lowest BCUT2D eigenvalue weighted by molar-refractivity contribution is 0.102. The van der Waals surface area contributed by atoms with Crippen molar-refractivity contribution in [3.63, 3.8) is 0 Å². The zero-order chi connectivity index (χ0) is 25.3. The molecule has 0 radical (unpaired) electrons. The molecule has 0 bridgehead atoms. The summed E-state index contributed by atoms with van der Waals surface area (Å²) >= 11 is 13.5. The molecular weight excluding hydrogens is 524 g/mol. The highest BCUT2D eigenvalue weighted by molar-refractivity contribution is 7.98. The highest BCUT2D eigenvalue weighted by Crippen LogP contribution is 2.28. The van der Waals surface area contributed by atoms with Gasteiger partial charge in [-0.2, -0.15) is 0 Å². The van der Waals surface area contributed by atoms with Crippen LogP contribution in [0.2, 0.25) is 10.0 Å². The van der Waals surface area contributed by atoms with E-state index in [9.17, 15) is 18.0 Å². The number of carbonyl (C=O) groups is 1. The Kier molecular flexibility index (Phi) is 7.29. The van der Waals surface area contributed by atoms with Crippen molar-refractivity contribution in [1.29, 1.82) is 0 Å². The molecule has 0 saturated heterocycles. The van der Waals surface area contributed by atoms with Gasteiger partial charge in [-0.3, -0.25) is 4.79 Å². The van der Waals surface area contributed by atoms with Gasteiger partial charge in [0.15, 0.2) is 28.3 Å². The summed E-state index contributed by atoms with van der Waals surface area (Å²) in [7, 11) is 0. The smallest absolute Gasteiger partial charge is 0.278 e. The van der Waals surface area contributed by atoms with Crippen molar-refractivity contribution in [2.24, 2.45) is 0 Å². The summed E-state index contributed by atoms with van der Waals surface area (Å²) in [4.78, 5) is 21.7. The molecule has 0 spiro atoms. The van der Waals surface area contributed by atoms with Crippen LogP contribution < -0.4 is 5.32 Å². The summed E-state index contributed by atoms with van der Waals surface area (Å²) < 4.78 is 42.4. The second-order valence-electron chi connectivity index (χ2n) is 7.32. The number of amides is 1. The van der Waals surface area contributed by atoms with Gasteiger partial charge in [0.2, 0.25) is 0 Å². The SMILES string of the molecule is Cc1cc(C)nc(SCc2c(C(=O)Nc3ccc(F)c(F)c3F)nnn2-c2cc(Cl)cc(Cl)c2)n1. The van der Waals surface area contributed by atoms with Gasteiger partial charge >= 0.3 is 0 Å². The third-order valence-corrected chi connectivity index (χ3v) is 5.95. The minimum atomic E-state index is -1.71. The van der Waals surface area contributed by atoms with E-state index in [1.807, 2.05) is 19.9 Å². The normalized spacial score (nSPS) is 11.1. The lowest BCUT2D eigenvalue weighted by Gasteiger charge is -2.10. The van der Waals surface area contributed by atoms with Gasteiger partial charge in [0.1, 0.15) is 0 Å². The third-order valence-electron chi connectivity index (χ3n) is 4.65.